The van der Waals surface area contributed by atoms with Crippen molar-refractivity contribution in [2.24, 2.45) is 23.7 Å². The Bertz CT molecular complexity index is 2850. The molecule has 1 aromatic heterocycles. The van der Waals surface area contributed by atoms with Crippen LogP contribution >= 0.6 is 11.6 Å². The second kappa shape index (κ2) is 25.9. The van der Waals surface area contributed by atoms with Crippen LogP contribution in [0.4, 0.5) is 0 Å². The van der Waals surface area contributed by atoms with Crippen LogP contribution in [-0.2, 0) is 38.3 Å². The van der Waals surface area contributed by atoms with Crippen molar-refractivity contribution in [3.8, 4) is 0 Å². The van der Waals surface area contributed by atoms with E-state index in [9.17, 15) is 49.4 Å². The van der Waals surface area contributed by atoms with Gasteiger partial charge in [-0.05, 0) is 68.2 Å². The van der Waals surface area contributed by atoms with Gasteiger partial charge in [-0.3, -0.25) is 53.8 Å². The van der Waals surface area contributed by atoms with Gasteiger partial charge in [0.15, 0.2) is 0 Å². The Morgan fingerprint density at radius 2 is 1.34 bits per heavy atom. The van der Waals surface area contributed by atoms with Crippen LogP contribution in [-0.4, -0.2) is 139 Å². The second-order valence-electron chi connectivity index (χ2n) is 21.5. The molecule has 0 bridgehead atoms. The number of allylic oxidation sites excluding steroid dienone is 1. The van der Waals surface area contributed by atoms with Crippen molar-refractivity contribution in [1.82, 2.24) is 41.5 Å². The predicted octanol–water partition coefficient (Wildman–Crippen LogP) is 3.40. The molecular formula is C55H69ClN10O14. The number of esters is 1. The molecule has 24 nitrogen and oxygen atoms in total. The lowest BCUT2D eigenvalue weighted by Gasteiger charge is -2.34. The van der Waals surface area contributed by atoms with Gasteiger partial charge < -0.3 is 46.7 Å². The number of hydrogen-bond acceptors (Lipinski definition) is 14. The molecule has 4 aliphatic rings. The molecule has 2 aromatic carbocycles. The molecular weight excluding hydrogens is 1060 g/mol. The average Bonchev–Trinajstić information content (AvgIpc) is 4.33. The third kappa shape index (κ3) is 14.1. The summed E-state index contributed by atoms with van der Waals surface area (Å²) < 4.78 is 6.43. The summed E-state index contributed by atoms with van der Waals surface area (Å²) in [7, 11) is 0. The van der Waals surface area contributed by atoms with Crippen LogP contribution < -0.4 is 31.9 Å². The van der Waals surface area contributed by atoms with Crippen LogP contribution in [0.5, 0.6) is 0 Å². The van der Waals surface area contributed by atoms with E-state index in [4.69, 9.17) is 16.3 Å². The number of ether oxygens (including phenoxy) is 1. The molecule has 2 saturated carbocycles. The molecule has 4 fully saturated rings. The van der Waals surface area contributed by atoms with E-state index in [2.05, 4.69) is 31.9 Å². The number of aromatic nitrogens is 1. The lowest BCUT2D eigenvalue weighted by atomic mass is 9.90. The molecule has 2 aliphatic heterocycles. The Morgan fingerprint density at radius 1 is 0.787 bits per heavy atom. The number of fused-ring (bicyclic) bond motifs is 1. The molecule has 2 saturated heterocycles. The number of cyclic esters (lactones) is 1. The van der Waals surface area contributed by atoms with E-state index in [-0.39, 0.29) is 43.8 Å². The number of rotatable bonds is 17. The highest BCUT2D eigenvalue weighted by molar-refractivity contribution is 6.30. The first kappa shape index (κ1) is 59.8. The van der Waals surface area contributed by atoms with Gasteiger partial charge in [0.25, 0.3) is 5.91 Å². The van der Waals surface area contributed by atoms with Crippen LogP contribution in [0.3, 0.4) is 0 Å². The van der Waals surface area contributed by atoms with Gasteiger partial charge in [0.2, 0.25) is 47.5 Å². The Kier molecular flexibility index (Phi) is 19.4. The normalized spacial score (nSPS) is 29.1. The van der Waals surface area contributed by atoms with Crippen molar-refractivity contribution >= 4 is 58.9 Å². The van der Waals surface area contributed by atoms with Gasteiger partial charge in [-0.25, -0.2) is 4.79 Å². The van der Waals surface area contributed by atoms with Crippen molar-refractivity contribution < 1.29 is 58.1 Å². The molecule has 7 amide bonds. The summed E-state index contributed by atoms with van der Waals surface area (Å²) in [5.74, 6) is -11.6. The third-order valence-electron chi connectivity index (χ3n) is 16.0. The van der Waals surface area contributed by atoms with Crippen LogP contribution in [0.2, 0.25) is 5.15 Å². The minimum absolute atomic E-state index is 0.00168. The van der Waals surface area contributed by atoms with E-state index in [1.54, 1.807) is 107 Å². The molecule has 3 aromatic rings. The fourth-order valence-electron chi connectivity index (χ4n) is 10.7. The lowest BCUT2D eigenvalue weighted by molar-refractivity contribution is -0.498. The highest BCUT2D eigenvalue weighted by atomic mass is 35.5. The van der Waals surface area contributed by atoms with Crippen LogP contribution in [0.15, 0.2) is 84.9 Å². The summed E-state index contributed by atoms with van der Waals surface area (Å²) in [5, 5.41) is 50.1. The van der Waals surface area contributed by atoms with Crippen molar-refractivity contribution in [2.75, 3.05) is 6.54 Å². The Hall–Kier alpha value is -7.89. The molecule has 3 heterocycles. The highest BCUT2D eigenvalue weighted by Crippen LogP contribution is 2.39. The Labute approximate surface area is 466 Å². The number of nitrogens with zero attached hydrogens (tertiary/aromatic N) is 4. The zero-order valence-electron chi connectivity index (χ0n) is 45.2. The molecule has 0 spiro atoms. The molecule has 430 valence electrons. The van der Waals surface area contributed by atoms with Gasteiger partial charge in [0.1, 0.15) is 59.2 Å². The predicted molar refractivity (Wildman–Crippen MR) is 288 cm³/mol. The van der Waals surface area contributed by atoms with E-state index >= 15 is 14.4 Å². The molecule has 16 atom stereocenters. The quantitative estimate of drug-likeness (QED) is 0.0335. The van der Waals surface area contributed by atoms with Crippen molar-refractivity contribution in [1.29, 1.82) is 0 Å². The number of hydrogen-bond donors (Lipinski definition) is 7. The van der Waals surface area contributed by atoms with Crippen molar-refractivity contribution in [3.05, 3.63) is 127 Å². The largest absolute Gasteiger partial charge is 0.458 e. The smallest absolute Gasteiger partial charge is 0.329 e. The first-order chi connectivity index (χ1) is 38.0. The zero-order chi connectivity index (χ0) is 58.3. The number of halogens is 1. The summed E-state index contributed by atoms with van der Waals surface area (Å²) in [6.45, 7) is 9.88. The monoisotopic (exact) mass is 1130 g/mol. The minimum atomic E-state index is -1.93. The van der Waals surface area contributed by atoms with Gasteiger partial charge in [-0.1, -0.05) is 119 Å². The number of nitro groups is 2. The second-order valence-corrected chi connectivity index (χ2v) is 21.9. The van der Waals surface area contributed by atoms with Crippen LogP contribution in [0.25, 0.3) is 0 Å². The van der Waals surface area contributed by atoms with Gasteiger partial charge in [0, 0.05) is 52.9 Å². The number of carbonyl (C=O) groups is 8. The standard InChI is InChI=1S/C55H69ClN10O14/c1-7-15-32-22-42-55(74)80-31(6)47(62-49(68)37(23-35-25-40(35)65(76)77)57-50(69)39-20-21-43(56)64(39)75)53(72)61-45(29(4)33-16-11-9-12-17-33)51(70)58-38(24-36-26-41(36)66(78)79)48(67)60-46(30(5)34-18-13-10-14-19-34)52(71)59-44(28(3)8-2)54(73)63(42)27-32/h7,9-21,28-32,35-38,40-42,44-47,75H,8,22-27H2,1-6H3,(H,57,69)(H,58,70)(H,59,71)(H,60,67)(H,61,72)(H,62,68)/b15-7-/t28-,29+,30+,31+,32-,35?,36?,37-,38?,40+,41+,42-,44?,45?,46-,47+/m0/s1. The SMILES string of the molecule is C/C=C\[C@H]1C[C@H]2C(=O)O[C@H](C)[C@@H](NC(=O)[C@H](CC3C[C@H]3[N+](=O)[O-])NC(=O)c3ccc(Cl)n3O)C(=O)NC([C@H](C)c3ccccc3)C(=O)NC(CC3C[C@H]3[N+](=O)[O-])C(=O)N[C@@H]([C@H](C)c3ccccc3)C(=O)NC([C@@H](C)CC)C(=O)N2C1. The van der Waals surface area contributed by atoms with E-state index < -0.39 is 159 Å². The summed E-state index contributed by atoms with van der Waals surface area (Å²) in [4.78, 5) is 142. The first-order valence-corrected chi connectivity index (χ1v) is 27.3. The topological polar surface area (TPSA) is 333 Å². The number of carbonyl (C=O) groups excluding carboxylic acids is 8. The molecule has 2 aliphatic carbocycles. The fraction of sp³-hybridized carbons (Fsp3) is 0.527. The van der Waals surface area contributed by atoms with Crippen molar-refractivity contribution in [2.45, 2.75) is 152 Å². The van der Waals surface area contributed by atoms with Crippen LogP contribution in [0, 0.1) is 43.9 Å². The molecule has 0 radical (unpaired) electrons. The Morgan fingerprint density at radius 3 is 1.86 bits per heavy atom. The van der Waals surface area contributed by atoms with Gasteiger partial charge in [-0.15, -0.1) is 0 Å². The fourth-order valence-corrected chi connectivity index (χ4v) is 10.8. The number of nitrogens with one attached hydrogen (secondary N) is 6. The zero-order valence-corrected chi connectivity index (χ0v) is 45.9. The maximum absolute atomic E-state index is 15.2. The molecule has 25 heteroatoms. The molecule has 80 heavy (non-hydrogen) atoms. The van der Waals surface area contributed by atoms with Gasteiger partial charge >= 0.3 is 5.97 Å². The molecule has 7 rings (SSSR count). The van der Waals surface area contributed by atoms with E-state index in [0.717, 1.165) is 6.07 Å². The number of amides is 7. The van der Waals surface area contributed by atoms with Crippen molar-refractivity contribution in [3.63, 3.8) is 0 Å². The molecule has 7 N–H and O–H groups in total. The maximum Gasteiger partial charge on any atom is 0.329 e. The molecule has 5 unspecified atom stereocenters. The van der Waals surface area contributed by atoms with E-state index in [1.165, 1.54) is 17.9 Å². The van der Waals surface area contributed by atoms with E-state index in [1.807, 2.05) is 0 Å². The first-order valence-electron chi connectivity index (χ1n) is 26.9. The summed E-state index contributed by atoms with van der Waals surface area (Å²) >= 11 is 5.98. The minimum Gasteiger partial charge on any atom is -0.458 e. The third-order valence-corrected chi connectivity index (χ3v) is 16.3. The maximum atomic E-state index is 15.2. The van der Waals surface area contributed by atoms with E-state index in [0.29, 0.717) is 22.3 Å². The summed E-state index contributed by atoms with van der Waals surface area (Å²) in [6, 6.07) is 6.69. The van der Waals surface area contributed by atoms with Crippen LogP contribution in [0.1, 0.15) is 114 Å². The Balaban J connectivity index is 1.33. The summed E-state index contributed by atoms with van der Waals surface area (Å²) in [5.41, 5.74) is 0.721. The average molecular weight is 1130 g/mol. The van der Waals surface area contributed by atoms with Gasteiger partial charge in [-0.2, -0.15) is 4.73 Å². The van der Waals surface area contributed by atoms with Gasteiger partial charge in [0.05, 0.1) is 0 Å². The highest BCUT2D eigenvalue weighted by Gasteiger charge is 2.52. The summed E-state index contributed by atoms with van der Waals surface area (Å²) in [6.07, 6.45) is 1.86. The number of benzene rings is 2. The lowest BCUT2D eigenvalue weighted by Crippen LogP contribution is -2.62.